The van der Waals surface area contributed by atoms with Gasteiger partial charge < -0.3 is 15.4 Å². The first-order valence-corrected chi connectivity index (χ1v) is 7.40. The van der Waals surface area contributed by atoms with Gasteiger partial charge in [-0.05, 0) is 30.3 Å². The van der Waals surface area contributed by atoms with Crippen LogP contribution in [0, 0.1) is 10.1 Å². The first-order chi connectivity index (χ1) is 11.0. The Kier molecular flexibility index (Phi) is 5.53. The van der Waals surface area contributed by atoms with Crippen molar-refractivity contribution < 1.29 is 14.5 Å². The number of benzene rings is 2. The topological polar surface area (TPSA) is 93.5 Å². The molecule has 23 heavy (non-hydrogen) atoms. The standard InChI is InChI=1S/C15H14BrN3O4/c1-23-12-5-6-13(14(8-12)19(21)22)18-15(20)9-17-11-4-2-3-10(16)7-11/h2-8,17H,9H2,1H3,(H,18,20). The average molecular weight is 380 g/mol. The van der Waals surface area contributed by atoms with E-state index in [1.54, 1.807) is 6.07 Å². The highest BCUT2D eigenvalue weighted by molar-refractivity contribution is 9.10. The van der Waals surface area contributed by atoms with Crippen LogP contribution in [0.4, 0.5) is 17.1 Å². The number of hydrogen-bond acceptors (Lipinski definition) is 5. The van der Waals surface area contributed by atoms with Gasteiger partial charge in [0.1, 0.15) is 11.4 Å². The lowest BCUT2D eigenvalue weighted by Gasteiger charge is -2.09. The van der Waals surface area contributed by atoms with Crippen molar-refractivity contribution in [1.82, 2.24) is 0 Å². The fraction of sp³-hybridized carbons (Fsp3) is 0.133. The second-order valence-corrected chi connectivity index (χ2v) is 5.47. The van der Waals surface area contributed by atoms with Crippen LogP contribution in [0.5, 0.6) is 5.75 Å². The molecule has 0 spiro atoms. The third-order valence-electron chi connectivity index (χ3n) is 2.95. The van der Waals surface area contributed by atoms with Crippen LogP contribution in [-0.4, -0.2) is 24.5 Å². The lowest BCUT2D eigenvalue weighted by atomic mass is 10.2. The fourth-order valence-corrected chi connectivity index (χ4v) is 2.27. The number of ether oxygens (including phenoxy) is 1. The molecular formula is C15H14BrN3O4. The van der Waals surface area contributed by atoms with Gasteiger partial charge >= 0.3 is 0 Å². The third-order valence-corrected chi connectivity index (χ3v) is 3.45. The van der Waals surface area contributed by atoms with Gasteiger partial charge in [0.15, 0.2) is 0 Å². The SMILES string of the molecule is COc1ccc(NC(=O)CNc2cccc(Br)c2)c([N+](=O)[O-])c1. The van der Waals surface area contributed by atoms with Gasteiger partial charge in [0.2, 0.25) is 5.91 Å². The Morgan fingerprint density at radius 1 is 1.30 bits per heavy atom. The van der Waals surface area contributed by atoms with Crippen molar-refractivity contribution in [3.63, 3.8) is 0 Å². The molecule has 0 saturated carbocycles. The second-order valence-electron chi connectivity index (χ2n) is 4.55. The van der Waals surface area contributed by atoms with E-state index < -0.39 is 10.8 Å². The van der Waals surface area contributed by atoms with Crippen molar-refractivity contribution in [2.75, 3.05) is 24.3 Å². The molecule has 8 heteroatoms. The molecule has 0 radical (unpaired) electrons. The van der Waals surface area contributed by atoms with Crippen molar-refractivity contribution in [3.8, 4) is 5.75 Å². The Labute approximate surface area is 140 Å². The smallest absolute Gasteiger partial charge is 0.296 e. The zero-order valence-electron chi connectivity index (χ0n) is 12.2. The first-order valence-electron chi connectivity index (χ1n) is 6.61. The van der Waals surface area contributed by atoms with Crippen LogP contribution in [0.25, 0.3) is 0 Å². The second kappa shape index (κ2) is 7.59. The summed E-state index contributed by atoms with van der Waals surface area (Å²) >= 11 is 3.33. The number of carbonyl (C=O) groups is 1. The maximum Gasteiger partial charge on any atom is 0.296 e. The average Bonchev–Trinajstić information content (AvgIpc) is 2.53. The molecule has 2 aromatic carbocycles. The molecule has 2 N–H and O–H groups in total. The van der Waals surface area contributed by atoms with Gasteiger partial charge in [0.25, 0.3) is 5.69 Å². The predicted octanol–water partition coefficient (Wildman–Crippen LogP) is 3.42. The van der Waals surface area contributed by atoms with E-state index in [4.69, 9.17) is 4.74 Å². The van der Waals surface area contributed by atoms with Crippen molar-refractivity contribution in [1.29, 1.82) is 0 Å². The van der Waals surface area contributed by atoms with Crippen LogP contribution >= 0.6 is 15.9 Å². The molecule has 2 rings (SSSR count). The van der Waals surface area contributed by atoms with Crippen LogP contribution in [-0.2, 0) is 4.79 Å². The molecule has 2 aromatic rings. The van der Waals surface area contributed by atoms with Gasteiger partial charge in [-0.1, -0.05) is 22.0 Å². The Bertz CT molecular complexity index is 736. The van der Waals surface area contributed by atoms with Crippen molar-refractivity contribution in [2.45, 2.75) is 0 Å². The summed E-state index contributed by atoms with van der Waals surface area (Å²) in [4.78, 5) is 22.5. The highest BCUT2D eigenvalue weighted by Crippen LogP contribution is 2.28. The van der Waals surface area contributed by atoms with E-state index in [9.17, 15) is 14.9 Å². The van der Waals surface area contributed by atoms with Gasteiger partial charge in [0, 0.05) is 10.2 Å². The minimum atomic E-state index is -0.570. The van der Waals surface area contributed by atoms with Crippen LogP contribution in [0.3, 0.4) is 0 Å². The molecular weight excluding hydrogens is 366 g/mol. The Balaban J connectivity index is 2.04. The van der Waals surface area contributed by atoms with E-state index in [1.807, 2.05) is 24.3 Å². The zero-order chi connectivity index (χ0) is 16.8. The maximum absolute atomic E-state index is 12.0. The highest BCUT2D eigenvalue weighted by atomic mass is 79.9. The quantitative estimate of drug-likeness (QED) is 0.592. The summed E-state index contributed by atoms with van der Waals surface area (Å²) in [6.45, 7) is -0.0142. The molecule has 0 unspecified atom stereocenters. The lowest BCUT2D eigenvalue weighted by Crippen LogP contribution is -2.22. The summed E-state index contributed by atoms with van der Waals surface area (Å²) in [5.41, 5.74) is 0.663. The number of rotatable bonds is 6. The molecule has 0 aromatic heterocycles. The minimum absolute atomic E-state index is 0.0142. The molecule has 0 saturated heterocycles. The molecule has 0 aliphatic heterocycles. The minimum Gasteiger partial charge on any atom is -0.496 e. The molecule has 7 nitrogen and oxygen atoms in total. The lowest BCUT2D eigenvalue weighted by molar-refractivity contribution is -0.384. The summed E-state index contributed by atoms with van der Waals surface area (Å²) in [7, 11) is 1.42. The predicted molar refractivity (Wildman–Crippen MR) is 90.9 cm³/mol. The number of nitro groups is 1. The van der Waals surface area contributed by atoms with Crippen molar-refractivity contribution >= 4 is 38.9 Å². The van der Waals surface area contributed by atoms with E-state index in [-0.39, 0.29) is 17.9 Å². The number of amides is 1. The van der Waals surface area contributed by atoms with Gasteiger partial charge in [-0.25, -0.2) is 0 Å². The Hall–Kier alpha value is -2.61. The first kappa shape index (κ1) is 16.8. The Morgan fingerprint density at radius 3 is 2.74 bits per heavy atom. The molecule has 0 aliphatic rings. The number of nitrogens with zero attached hydrogens (tertiary/aromatic N) is 1. The molecule has 0 bridgehead atoms. The van der Waals surface area contributed by atoms with Crippen LogP contribution in [0.2, 0.25) is 0 Å². The van der Waals surface area contributed by atoms with E-state index >= 15 is 0 Å². The number of nitro benzene ring substituents is 1. The molecule has 0 aliphatic carbocycles. The van der Waals surface area contributed by atoms with Crippen LogP contribution in [0.15, 0.2) is 46.9 Å². The van der Waals surface area contributed by atoms with E-state index in [2.05, 4.69) is 26.6 Å². The van der Waals surface area contributed by atoms with E-state index in [0.717, 1.165) is 10.2 Å². The van der Waals surface area contributed by atoms with Gasteiger partial charge in [0.05, 0.1) is 24.6 Å². The number of hydrogen-bond donors (Lipinski definition) is 2. The largest absolute Gasteiger partial charge is 0.496 e. The molecule has 1 amide bonds. The zero-order valence-corrected chi connectivity index (χ0v) is 13.8. The molecule has 0 fully saturated rings. The molecule has 120 valence electrons. The van der Waals surface area contributed by atoms with Gasteiger partial charge in [-0.3, -0.25) is 14.9 Å². The van der Waals surface area contributed by atoms with E-state index in [1.165, 1.54) is 19.2 Å². The number of anilines is 2. The normalized spacial score (nSPS) is 10.0. The van der Waals surface area contributed by atoms with Crippen molar-refractivity contribution in [3.05, 3.63) is 57.1 Å². The van der Waals surface area contributed by atoms with Crippen LogP contribution in [0.1, 0.15) is 0 Å². The van der Waals surface area contributed by atoms with Gasteiger partial charge in [-0.15, -0.1) is 0 Å². The summed E-state index contributed by atoms with van der Waals surface area (Å²) in [5, 5.41) is 16.5. The number of halogens is 1. The number of nitrogens with one attached hydrogen (secondary N) is 2. The van der Waals surface area contributed by atoms with Crippen LogP contribution < -0.4 is 15.4 Å². The maximum atomic E-state index is 12.0. The highest BCUT2D eigenvalue weighted by Gasteiger charge is 2.17. The number of carbonyl (C=O) groups excluding carboxylic acids is 1. The Morgan fingerprint density at radius 2 is 2.09 bits per heavy atom. The monoisotopic (exact) mass is 379 g/mol. The summed E-state index contributed by atoms with van der Waals surface area (Å²) in [6.07, 6.45) is 0. The molecule has 0 heterocycles. The summed E-state index contributed by atoms with van der Waals surface area (Å²) in [5.74, 6) is -0.0415. The summed E-state index contributed by atoms with van der Waals surface area (Å²) < 4.78 is 5.83. The van der Waals surface area contributed by atoms with Gasteiger partial charge in [-0.2, -0.15) is 0 Å². The van der Waals surface area contributed by atoms with E-state index in [0.29, 0.717) is 5.75 Å². The third kappa shape index (κ3) is 4.68. The fourth-order valence-electron chi connectivity index (χ4n) is 1.87. The van der Waals surface area contributed by atoms with Crippen molar-refractivity contribution in [2.24, 2.45) is 0 Å². The number of methoxy groups -OCH3 is 1. The summed E-state index contributed by atoms with van der Waals surface area (Å²) in [6, 6.07) is 11.6. The molecule has 0 atom stereocenters.